The number of halogens is 5. The van der Waals surface area contributed by atoms with E-state index in [1.165, 1.54) is 18.2 Å². The molecule has 1 aromatic heterocycles. The van der Waals surface area contributed by atoms with Crippen molar-refractivity contribution >= 4 is 34.8 Å². The maximum absolute atomic E-state index is 13.1. The number of nitrogens with zero attached hydrogens (tertiary/aromatic N) is 2. The van der Waals surface area contributed by atoms with Gasteiger partial charge >= 0.3 is 6.18 Å². The molecular formula is C16H12Cl2F3N3O2. The van der Waals surface area contributed by atoms with E-state index < -0.39 is 29.8 Å². The van der Waals surface area contributed by atoms with E-state index in [0.29, 0.717) is 22.5 Å². The molecule has 0 saturated heterocycles. The fraction of sp³-hybridized carbons (Fsp3) is 0.312. The zero-order chi connectivity index (χ0) is 19.1. The number of anilines is 1. The van der Waals surface area contributed by atoms with E-state index in [4.69, 9.17) is 23.2 Å². The summed E-state index contributed by atoms with van der Waals surface area (Å²) in [4.78, 5) is 24.2. The first-order valence-electron chi connectivity index (χ1n) is 7.59. The van der Waals surface area contributed by atoms with Crippen LogP contribution in [0.1, 0.15) is 30.0 Å². The van der Waals surface area contributed by atoms with E-state index in [0.717, 1.165) is 6.07 Å². The summed E-state index contributed by atoms with van der Waals surface area (Å²) < 4.78 is 39.8. The summed E-state index contributed by atoms with van der Waals surface area (Å²) in [5, 5.41) is 6.84. The molecule has 26 heavy (non-hydrogen) atoms. The molecule has 1 aliphatic rings. The highest BCUT2D eigenvalue weighted by molar-refractivity contribution is 6.35. The number of benzene rings is 1. The maximum Gasteiger partial charge on any atom is 0.421 e. The first-order chi connectivity index (χ1) is 12.1. The van der Waals surface area contributed by atoms with Crippen LogP contribution in [-0.2, 0) is 17.5 Å². The molecule has 1 saturated carbocycles. The second-order valence-electron chi connectivity index (χ2n) is 5.89. The summed E-state index contributed by atoms with van der Waals surface area (Å²) in [6, 6.07) is 5.13. The highest BCUT2D eigenvalue weighted by atomic mass is 35.5. The first kappa shape index (κ1) is 18.7. The summed E-state index contributed by atoms with van der Waals surface area (Å²) in [6.45, 7) is -0.675. The molecule has 1 heterocycles. The lowest BCUT2D eigenvalue weighted by atomic mass is 10.2. The third-order valence-electron chi connectivity index (χ3n) is 3.79. The van der Waals surface area contributed by atoms with E-state index in [2.05, 4.69) is 10.4 Å². The Bertz CT molecular complexity index is 924. The van der Waals surface area contributed by atoms with Crippen LogP contribution in [0.3, 0.4) is 0 Å². The van der Waals surface area contributed by atoms with Crippen molar-refractivity contribution in [3.05, 3.63) is 55.9 Å². The monoisotopic (exact) mass is 405 g/mol. The van der Waals surface area contributed by atoms with Gasteiger partial charge in [-0.1, -0.05) is 23.2 Å². The van der Waals surface area contributed by atoms with E-state index >= 15 is 0 Å². The van der Waals surface area contributed by atoms with Crippen LogP contribution < -0.4 is 10.9 Å². The highest BCUT2D eigenvalue weighted by Gasteiger charge is 2.37. The number of nitrogens with one attached hydrogen (secondary N) is 1. The molecule has 3 rings (SSSR count). The minimum Gasteiger partial charge on any atom is -0.323 e. The second kappa shape index (κ2) is 6.92. The largest absolute Gasteiger partial charge is 0.421 e. The Balaban J connectivity index is 1.89. The molecule has 0 unspecified atom stereocenters. The van der Waals surface area contributed by atoms with E-state index in [1.54, 1.807) is 0 Å². The molecule has 1 amide bonds. The minimum absolute atomic E-state index is 0.117. The van der Waals surface area contributed by atoms with Crippen molar-refractivity contribution in [2.75, 3.05) is 5.32 Å². The van der Waals surface area contributed by atoms with Crippen molar-refractivity contribution < 1.29 is 18.0 Å². The standard InChI is InChI=1S/C16H12Cl2F3N3O2/c17-9-3-4-11(18)13(5-9)22-14(25)7-24-15(26)10(16(19,20)21)6-12(23-24)8-1-2-8/h3-6,8H,1-2,7H2,(H,22,25). The number of amides is 1. The van der Waals surface area contributed by atoms with Crippen LogP contribution in [0.4, 0.5) is 18.9 Å². The number of hydrogen-bond acceptors (Lipinski definition) is 3. The average Bonchev–Trinajstić information content (AvgIpc) is 3.36. The first-order valence-corrected chi connectivity index (χ1v) is 8.35. The van der Waals surface area contributed by atoms with Gasteiger partial charge in [-0.3, -0.25) is 9.59 Å². The van der Waals surface area contributed by atoms with Crippen molar-refractivity contribution in [2.24, 2.45) is 0 Å². The van der Waals surface area contributed by atoms with Crippen molar-refractivity contribution in [2.45, 2.75) is 31.5 Å². The molecule has 1 fully saturated rings. The van der Waals surface area contributed by atoms with Crippen molar-refractivity contribution in [1.82, 2.24) is 9.78 Å². The van der Waals surface area contributed by atoms with Gasteiger partial charge in [0, 0.05) is 10.9 Å². The van der Waals surface area contributed by atoms with E-state index in [9.17, 15) is 22.8 Å². The van der Waals surface area contributed by atoms with Crippen LogP contribution in [0.15, 0.2) is 29.1 Å². The zero-order valence-corrected chi connectivity index (χ0v) is 14.6. The molecule has 2 aromatic rings. The lowest BCUT2D eigenvalue weighted by Crippen LogP contribution is -2.35. The molecule has 1 N–H and O–H groups in total. The molecule has 0 bridgehead atoms. The number of alkyl halides is 3. The van der Waals surface area contributed by atoms with Gasteiger partial charge in [-0.25, -0.2) is 4.68 Å². The fourth-order valence-electron chi connectivity index (χ4n) is 2.37. The van der Waals surface area contributed by atoms with E-state index in [1.807, 2.05) is 0 Å². The average molecular weight is 406 g/mol. The topological polar surface area (TPSA) is 64.0 Å². The lowest BCUT2D eigenvalue weighted by Gasteiger charge is -2.13. The van der Waals surface area contributed by atoms with Crippen LogP contribution in [0, 0.1) is 0 Å². The molecule has 1 aliphatic carbocycles. The Hall–Kier alpha value is -2.06. The van der Waals surface area contributed by atoms with Crippen molar-refractivity contribution in [3.8, 4) is 0 Å². The van der Waals surface area contributed by atoms with Crippen molar-refractivity contribution in [1.29, 1.82) is 0 Å². The molecule has 0 spiro atoms. The van der Waals surface area contributed by atoms with Gasteiger partial charge in [0.05, 0.1) is 16.4 Å². The van der Waals surface area contributed by atoms with Crippen LogP contribution in [0.25, 0.3) is 0 Å². The fourth-order valence-corrected chi connectivity index (χ4v) is 2.71. The molecule has 0 aliphatic heterocycles. The summed E-state index contributed by atoms with van der Waals surface area (Å²) in [6.07, 6.45) is -3.42. The molecule has 0 atom stereocenters. The van der Waals surface area contributed by atoms with Gasteiger partial charge in [-0.05, 0) is 37.1 Å². The van der Waals surface area contributed by atoms with Crippen LogP contribution in [-0.4, -0.2) is 15.7 Å². The Kier molecular flexibility index (Phi) is 4.98. The summed E-state index contributed by atoms with van der Waals surface area (Å²) >= 11 is 11.7. The molecule has 5 nitrogen and oxygen atoms in total. The maximum atomic E-state index is 13.1. The number of carbonyl (C=O) groups is 1. The highest BCUT2D eigenvalue weighted by Crippen LogP contribution is 2.40. The lowest BCUT2D eigenvalue weighted by molar-refractivity contribution is -0.139. The second-order valence-corrected chi connectivity index (χ2v) is 6.73. The Labute approximate surface area is 155 Å². The van der Waals surface area contributed by atoms with Gasteiger partial charge in [0.15, 0.2) is 0 Å². The third-order valence-corrected chi connectivity index (χ3v) is 4.35. The van der Waals surface area contributed by atoms with Gasteiger partial charge < -0.3 is 5.32 Å². The van der Waals surface area contributed by atoms with Gasteiger partial charge in [0.2, 0.25) is 5.91 Å². The van der Waals surface area contributed by atoms with Gasteiger partial charge in [0.1, 0.15) is 12.1 Å². The normalized spacial score (nSPS) is 14.3. The van der Waals surface area contributed by atoms with Gasteiger partial charge in [-0.2, -0.15) is 18.3 Å². The van der Waals surface area contributed by atoms with Crippen LogP contribution in [0.2, 0.25) is 10.0 Å². The van der Waals surface area contributed by atoms with Crippen LogP contribution >= 0.6 is 23.2 Å². The van der Waals surface area contributed by atoms with Gasteiger partial charge in [-0.15, -0.1) is 0 Å². The Morgan fingerprint density at radius 3 is 2.58 bits per heavy atom. The Morgan fingerprint density at radius 2 is 1.96 bits per heavy atom. The molecule has 1 aromatic carbocycles. The smallest absolute Gasteiger partial charge is 0.323 e. The SMILES string of the molecule is O=C(Cn1nc(C2CC2)cc(C(F)(F)F)c1=O)Nc1cc(Cl)ccc1Cl. The van der Waals surface area contributed by atoms with E-state index in [-0.39, 0.29) is 22.3 Å². The predicted molar refractivity (Wildman–Crippen MR) is 90.6 cm³/mol. The minimum atomic E-state index is -4.82. The number of rotatable bonds is 4. The molecule has 138 valence electrons. The number of carbonyl (C=O) groups excluding carboxylic acids is 1. The van der Waals surface area contributed by atoms with Crippen molar-refractivity contribution in [3.63, 3.8) is 0 Å². The Morgan fingerprint density at radius 1 is 1.27 bits per heavy atom. The predicted octanol–water partition coefficient (Wildman–Crippen LogP) is 4.09. The summed E-state index contributed by atoms with van der Waals surface area (Å²) in [5.74, 6) is -0.863. The summed E-state index contributed by atoms with van der Waals surface area (Å²) in [7, 11) is 0. The van der Waals surface area contributed by atoms with Crippen LogP contribution in [0.5, 0.6) is 0 Å². The quantitative estimate of drug-likeness (QED) is 0.832. The zero-order valence-electron chi connectivity index (χ0n) is 13.1. The molecule has 10 heteroatoms. The third kappa shape index (κ3) is 4.19. The summed E-state index contributed by atoms with van der Waals surface area (Å²) in [5.41, 5.74) is -2.35. The number of aromatic nitrogens is 2. The number of hydrogen-bond donors (Lipinski definition) is 1. The van der Waals surface area contributed by atoms with Gasteiger partial charge in [0.25, 0.3) is 5.56 Å². The molecular weight excluding hydrogens is 394 g/mol. The molecule has 0 radical (unpaired) electrons.